The van der Waals surface area contributed by atoms with E-state index in [4.69, 9.17) is 0 Å². The minimum Gasteiger partial charge on any atom is -0.468 e. The number of carbonyl (C=O) groups is 1. The van der Waals surface area contributed by atoms with Gasteiger partial charge in [0.2, 0.25) is 0 Å². The molecule has 0 atom stereocenters. The molecule has 0 bridgehead atoms. The number of carbonyl (C=O) groups excluding carboxylic acids is 1. The zero-order valence-corrected chi connectivity index (χ0v) is 13.8. The fourth-order valence-electron chi connectivity index (χ4n) is 2.29. The van der Waals surface area contributed by atoms with Crippen LogP contribution < -0.4 is 0 Å². The number of rotatable bonds is 5. The van der Waals surface area contributed by atoms with E-state index < -0.39 is 21.1 Å². The Morgan fingerprint density at radius 1 is 1.17 bits per heavy atom. The molecule has 2 rings (SSSR count). The SMILES string of the molecule is CCS(=O)(O)(CC(=O)OC)c1ccc(-c2ccccc2F)cc1. The molecular formula is C17H19FO4S. The largest absolute Gasteiger partial charge is 0.468 e. The predicted molar refractivity (Wildman–Crippen MR) is 88.3 cm³/mol. The van der Waals surface area contributed by atoms with Crippen LogP contribution in [0.3, 0.4) is 0 Å². The molecule has 2 aromatic rings. The summed E-state index contributed by atoms with van der Waals surface area (Å²) in [6.07, 6.45) is 0. The highest BCUT2D eigenvalue weighted by Crippen LogP contribution is 2.34. The first-order valence-electron chi connectivity index (χ1n) is 7.10. The van der Waals surface area contributed by atoms with Crippen molar-refractivity contribution >= 4 is 15.3 Å². The van der Waals surface area contributed by atoms with Gasteiger partial charge in [0.05, 0.1) is 12.0 Å². The Bertz CT molecular complexity index is 785. The lowest BCUT2D eigenvalue weighted by molar-refractivity contribution is -0.137. The van der Waals surface area contributed by atoms with Crippen LogP contribution >= 0.6 is 0 Å². The van der Waals surface area contributed by atoms with Crippen LogP contribution in [0.5, 0.6) is 0 Å². The van der Waals surface area contributed by atoms with Crippen molar-refractivity contribution in [3.63, 3.8) is 0 Å². The van der Waals surface area contributed by atoms with Gasteiger partial charge in [-0.15, -0.1) is 0 Å². The third kappa shape index (κ3) is 3.48. The fraction of sp³-hybridized carbons (Fsp3) is 0.235. The lowest BCUT2D eigenvalue weighted by atomic mass is 10.1. The van der Waals surface area contributed by atoms with Crippen LogP contribution in [-0.4, -0.2) is 33.3 Å². The van der Waals surface area contributed by atoms with Crippen molar-refractivity contribution in [3.05, 3.63) is 54.3 Å². The molecule has 0 amide bonds. The molecule has 0 fully saturated rings. The summed E-state index contributed by atoms with van der Waals surface area (Å²) in [4.78, 5) is 11.6. The first-order valence-corrected chi connectivity index (χ1v) is 9.36. The monoisotopic (exact) mass is 338 g/mol. The van der Waals surface area contributed by atoms with Gasteiger partial charge in [-0.3, -0.25) is 9.35 Å². The summed E-state index contributed by atoms with van der Waals surface area (Å²) < 4.78 is 42.0. The molecule has 0 radical (unpaired) electrons. The van der Waals surface area contributed by atoms with Crippen molar-refractivity contribution in [2.24, 2.45) is 0 Å². The molecular weight excluding hydrogens is 319 g/mol. The highest BCUT2D eigenvalue weighted by atomic mass is 32.3. The van der Waals surface area contributed by atoms with Crippen molar-refractivity contribution < 1.29 is 22.7 Å². The molecule has 0 heterocycles. The molecule has 0 aliphatic heterocycles. The van der Waals surface area contributed by atoms with E-state index in [-0.39, 0.29) is 16.5 Å². The maximum atomic E-state index is 13.8. The van der Waals surface area contributed by atoms with Crippen molar-refractivity contribution in [2.45, 2.75) is 11.8 Å². The Kier molecular flexibility index (Phi) is 4.68. The summed E-state index contributed by atoms with van der Waals surface area (Å²) in [7, 11) is -3.17. The first kappa shape index (κ1) is 17.3. The minimum atomic E-state index is -4.34. The van der Waals surface area contributed by atoms with Gasteiger partial charge in [0.25, 0.3) is 0 Å². The molecule has 0 saturated carbocycles. The second-order valence-corrected chi connectivity index (χ2v) is 9.06. The Morgan fingerprint density at radius 2 is 1.78 bits per heavy atom. The average Bonchev–Trinajstić information content (AvgIpc) is 2.55. The number of halogens is 1. The van der Waals surface area contributed by atoms with E-state index in [1.54, 1.807) is 37.3 Å². The Hall–Kier alpha value is -2.05. The lowest BCUT2D eigenvalue weighted by Crippen LogP contribution is -2.42. The number of hydrogen-bond acceptors (Lipinski definition) is 3. The van der Waals surface area contributed by atoms with Crippen LogP contribution in [0.1, 0.15) is 6.92 Å². The summed E-state index contributed by atoms with van der Waals surface area (Å²) in [6.45, 7) is 1.54. The molecule has 6 heteroatoms. The fourth-order valence-corrected chi connectivity index (χ4v) is 4.35. The summed E-state index contributed by atoms with van der Waals surface area (Å²) in [5.74, 6) is -1.81. The molecule has 0 aromatic heterocycles. The quantitative estimate of drug-likeness (QED) is 0.849. The average molecular weight is 338 g/mol. The highest BCUT2D eigenvalue weighted by molar-refractivity contribution is 8.15. The summed E-state index contributed by atoms with van der Waals surface area (Å²) >= 11 is 0. The van der Waals surface area contributed by atoms with Crippen molar-refractivity contribution in [1.82, 2.24) is 0 Å². The van der Waals surface area contributed by atoms with Crippen LogP contribution in [0.25, 0.3) is 11.1 Å². The molecule has 0 aliphatic carbocycles. The number of methoxy groups -OCH3 is 1. The van der Waals surface area contributed by atoms with E-state index >= 15 is 0 Å². The first-order chi connectivity index (χ1) is 10.8. The van der Waals surface area contributed by atoms with Gasteiger partial charge in [-0.1, -0.05) is 30.3 Å². The molecule has 23 heavy (non-hydrogen) atoms. The predicted octanol–water partition coefficient (Wildman–Crippen LogP) is 3.34. The molecule has 1 N–H and O–H groups in total. The van der Waals surface area contributed by atoms with Gasteiger partial charge in [-0.05, 0) is 30.7 Å². The van der Waals surface area contributed by atoms with Crippen molar-refractivity contribution in [1.29, 1.82) is 0 Å². The summed E-state index contributed by atoms with van der Waals surface area (Å²) in [5.41, 5.74) is 1.00. The lowest BCUT2D eigenvalue weighted by Gasteiger charge is -2.41. The third-order valence-electron chi connectivity index (χ3n) is 3.81. The maximum absolute atomic E-state index is 13.8. The van der Waals surface area contributed by atoms with E-state index in [2.05, 4.69) is 4.74 Å². The smallest absolute Gasteiger partial charge is 0.324 e. The number of benzene rings is 2. The molecule has 0 aliphatic rings. The zero-order valence-electron chi connectivity index (χ0n) is 13.0. The van der Waals surface area contributed by atoms with Gasteiger partial charge in [-0.25, -0.2) is 8.60 Å². The number of ether oxygens (including phenoxy) is 1. The molecule has 2 aromatic carbocycles. The summed E-state index contributed by atoms with van der Waals surface area (Å²) in [6, 6.07) is 12.4. The molecule has 0 saturated heterocycles. The third-order valence-corrected chi connectivity index (χ3v) is 7.18. The minimum absolute atomic E-state index is 0.106. The van der Waals surface area contributed by atoms with Gasteiger partial charge in [0.1, 0.15) is 11.6 Å². The topological polar surface area (TPSA) is 63.6 Å². The van der Waals surface area contributed by atoms with E-state index in [0.29, 0.717) is 11.1 Å². The standard InChI is InChI=1S/C17H19FO4S/c1-3-23(20,21,12-17(19)22-2)14-10-8-13(9-11-14)15-6-4-5-7-16(15)18/h4-11H,3,12H2,1-2H3,(H,20,21). The summed E-state index contributed by atoms with van der Waals surface area (Å²) in [5, 5.41) is 0. The number of esters is 1. The van der Waals surface area contributed by atoms with E-state index in [9.17, 15) is 17.9 Å². The van der Waals surface area contributed by atoms with Gasteiger partial charge >= 0.3 is 5.97 Å². The Balaban J connectivity index is 2.44. The van der Waals surface area contributed by atoms with E-state index in [0.717, 1.165) is 0 Å². The maximum Gasteiger partial charge on any atom is 0.324 e. The second-order valence-electron chi connectivity index (χ2n) is 5.25. The molecule has 124 valence electrons. The molecule has 0 unspecified atom stereocenters. The van der Waals surface area contributed by atoms with Gasteiger partial charge in [0, 0.05) is 11.3 Å². The second kappa shape index (κ2) is 6.22. The zero-order chi connectivity index (χ0) is 17.1. The normalized spacial score (nSPS) is 13.1. The van der Waals surface area contributed by atoms with E-state index in [1.807, 2.05) is 0 Å². The van der Waals surface area contributed by atoms with Gasteiger partial charge in [-0.2, -0.15) is 9.35 Å². The van der Waals surface area contributed by atoms with Crippen LogP contribution in [0.15, 0.2) is 53.4 Å². The molecule has 4 nitrogen and oxygen atoms in total. The molecule has 0 spiro atoms. The van der Waals surface area contributed by atoms with E-state index in [1.165, 1.54) is 25.3 Å². The van der Waals surface area contributed by atoms with Crippen molar-refractivity contribution in [2.75, 3.05) is 18.6 Å². The van der Waals surface area contributed by atoms with Gasteiger partial charge in [0.15, 0.2) is 0 Å². The van der Waals surface area contributed by atoms with Crippen LogP contribution in [0.2, 0.25) is 0 Å². The number of hydrogen-bond donors (Lipinski definition) is 1. The van der Waals surface area contributed by atoms with Gasteiger partial charge < -0.3 is 4.74 Å². The van der Waals surface area contributed by atoms with Crippen LogP contribution in [-0.2, 0) is 18.9 Å². The highest BCUT2D eigenvalue weighted by Gasteiger charge is 2.32. The van der Waals surface area contributed by atoms with Crippen LogP contribution in [0.4, 0.5) is 4.39 Å². The Morgan fingerprint density at radius 3 is 2.30 bits per heavy atom. The van der Waals surface area contributed by atoms with Crippen molar-refractivity contribution in [3.8, 4) is 11.1 Å². The Labute approximate surface area is 134 Å². The van der Waals surface area contributed by atoms with Crippen LogP contribution in [0, 0.1) is 5.82 Å².